The van der Waals surface area contributed by atoms with Crippen LogP contribution in [-0.4, -0.2) is 9.13 Å². The van der Waals surface area contributed by atoms with Crippen LogP contribution in [0.2, 0.25) is 0 Å². The van der Waals surface area contributed by atoms with Gasteiger partial charge in [0.05, 0.1) is 44.6 Å². The maximum absolute atomic E-state index is 10.8. The van der Waals surface area contributed by atoms with E-state index >= 15 is 0 Å². The molecule has 10 rings (SSSR count). The van der Waals surface area contributed by atoms with Gasteiger partial charge in [0.1, 0.15) is 12.1 Å². The second kappa shape index (κ2) is 9.71. The number of hydrogen-bond acceptors (Lipinski definition) is 2. The molecule has 1 aliphatic carbocycles. The van der Waals surface area contributed by atoms with Gasteiger partial charge in [-0.15, -0.1) is 0 Å². The fourth-order valence-electron chi connectivity index (χ4n) is 8.64. The minimum Gasteiger partial charge on any atom is -0.308 e. The maximum Gasteiger partial charge on any atom is 0.101 e. The van der Waals surface area contributed by atoms with Crippen LogP contribution in [-0.2, 0) is 5.41 Å². The summed E-state index contributed by atoms with van der Waals surface area (Å²) >= 11 is 0. The molecule has 1 aliphatic rings. The highest BCUT2D eigenvalue weighted by atomic mass is 15.0. The van der Waals surface area contributed by atoms with E-state index in [1.807, 2.05) is 24.3 Å². The largest absolute Gasteiger partial charge is 0.308 e. The molecule has 0 fully saturated rings. The first-order valence-electron chi connectivity index (χ1n) is 16.6. The Morgan fingerprint density at radius 1 is 0.490 bits per heavy atom. The summed E-state index contributed by atoms with van der Waals surface area (Å²) in [4.78, 5) is 0. The first kappa shape index (κ1) is 27.5. The molecule has 0 unspecified atom stereocenters. The van der Waals surface area contributed by atoms with Crippen molar-refractivity contribution in [1.29, 1.82) is 10.5 Å². The normalized spacial score (nSPS) is 13.2. The number of benzene rings is 7. The zero-order chi connectivity index (χ0) is 33.0. The van der Waals surface area contributed by atoms with Gasteiger partial charge in [0, 0.05) is 27.0 Å². The summed E-state index contributed by atoms with van der Waals surface area (Å²) < 4.78 is 4.33. The number of nitriles is 2. The van der Waals surface area contributed by atoms with E-state index in [1.165, 1.54) is 27.6 Å². The molecular weight excluding hydrogens is 597 g/mol. The van der Waals surface area contributed by atoms with Gasteiger partial charge < -0.3 is 9.13 Å². The Hall–Kier alpha value is -6.62. The first-order chi connectivity index (χ1) is 24.0. The van der Waals surface area contributed by atoms with E-state index in [0.29, 0.717) is 22.5 Å². The number of nitrogens with zero attached hydrogens (tertiary/aromatic N) is 4. The van der Waals surface area contributed by atoms with Gasteiger partial charge in [-0.2, -0.15) is 10.5 Å². The smallest absolute Gasteiger partial charge is 0.101 e. The quantitative estimate of drug-likeness (QED) is 0.192. The van der Waals surface area contributed by atoms with Gasteiger partial charge >= 0.3 is 0 Å². The van der Waals surface area contributed by atoms with Crippen molar-refractivity contribution in [3.05, 3.63) is 156 Å². The highest BCUT2D eigenvalue weighted by molar-refractivity contribution is 6.21. The lowest BCUT2D eigenvalue weighted by molar-refractivity contribution is 0.661. The molecule has 0 aliphatic heterocycles. The Balaban J connectivity index is 1.30. The van der Waals surface area contributed by atoms with Gasteiger partial charge in [0.15, 0.2) is 0 Å². The Bertz CT molecular complexity index is 2990. The predicted octanol–water partition coefficient (Wildman–Crippen LogP) is 11.1. The molecule has 0 N–H and O–H groups in total. The molecule has 0 amide bonds. The van der Waals surface area contributed by atoms with Crippen molar-refractivity contribution >= 4 is 54.4 Å². The second-order valence-corrected chi connectivity index (χ2v) is 13.5. The third-order valence-corrected chi connectivity index (χ3v) is 10.8. The van der Waals surface area contributed by atoms with E-state index in [-0.39, 0.29) is 5.41 Å². The summed E-state index contributed by atoms with van der Waals surface area (Å²) in [5, 5.41) is 28.5. The molecule has 4 heteroatoms. The van der Waals surface area contributed by atoms with E-state index in [4.69, 9.17) is 0 Å². The molecule has 0 saturated heterocycles. The summed E-state index contributed by atoms with van der Waals surface area (Å²) in [5.74, 6) is 0. The number of para-hydroxylation sites is 2. The van der Waals surface area contributed by atoms with Crippen LogP contribution >= 0.6 is 0 Å². The molecule has 228 valence electrons. The molecular formula is C45H28N4. The molecule has 0 bridgehead atoms. The van der Waals surface area contributed by atoms with Crippen LogP contribution in [0, 0.1) is 22.7 Å². The van der Waals surface area contributed by atoms with Crippen LogP contribution < -0.4 is 0 Å². The summed E-state index contributed by atoms with van der Waals surface area (Å²) in [7, 11) is 0. The fourth-order valence-corrected chi connectivity index (χ4v) is 8.64. The van der Waals surface area contributed by atoms with Crippen LogP contribution in [0.1, 0.15) is 36.1 Å². The van der Waals surface area contributed by atoms with Crippen LogP contribution in [0.25, 0.3) is 76.9 Å². The molecule has 7 aromatic carbocycles. The van der Waals surface area contributed by atoms with Gasteiger partial charge in [-0.1, -0.05) is 111 Å². The molecule has 4 nitrogen and oxygen atoms in total. The van der Waals surface area contributed by atoms with E-state index in [1.54, 1.807) is 0 Å². The van der Waals surface area contributed by atoms with Gasteiger partial charge in [-0.25, -0.2) is 0 Å². The van der Waals surface area contributed by atoms with E-state index < -0.39 is 0 Å². The van der Waals surface area contributed by atoms with E-state index in [0.717, 1.165) is 49.0 Å². The molecule has 0 atom stereocenters. The molecule has 0 saturated carbocycles. The summed E-state index contributed by atoms with van der Waals surface area (Å²) in [6, 6.07) is 51.4. The molecule has 2 heterocycles. The average Bonchev–Trinajstić information content (AvgIpc) is 3.74. The topological polar surface area (TPSA) is 57.4 Å². The van der Waals surface area contributed by atoms with Gasteiger partial charge in [0.25, 0.3) is 0 Å². The van der Waals surface area contributed by atoms with Crippen LogP contribution in [0.5, 0.6) is 0 Å². The van der Waals surface area contributed by atoms with Gasteiger partial charge in [-0.05, 0) is 69.4 Å². The molecule has 0 radical (unpaired) electrons. The lowest BCUT2D eigenvalue weighted by atomic mass is 9.82. The number of aromatic nitrogens is 2. The predicted molar refractivity (Wildman–Crippen MR) is 200 cm³/mol. The average molecular weight is 625 g/mol. The van der Waals surface area contributed by atoms with Crippen molar-refractivity contribution in [2.24, 2.45) is 0 Å². The zero-order valence-electron chi connectivity index (χ0n) is 27.0. The molecule has 0 spiro atoms. The Kier molecular flexibility index (Phi) is 5.44. The summed E-state index contributed by atoms with van der Waals surface area (Å²) in [6.07, 6.45) is 0. The van der Waals surface area contributed by atoms with Crippen molar-refractivity contribution < 1.29 is 0 Å². The summed E-state index contributed by atoms with van der Waals surface area (Å²) in [5.41, 5.74) is 11.4. The second-order valence-electron chi connectivity index (χ2n) is 13.5. The number of fused-ring (bicyclic) bond motifs is 12. The van der Waals surface area contributed by atoms with Crippen molar-refractivity contribution in [3.8, 4) is 34.6 Å². The lowest BCUT2D eigenvalue weighted by Crippen LogP contribution is -2.14. The number of hydrogen-bond donors (Lipinski definition) is 0. The van der Waals surface area contributed by atoms with Gasteiger partial charge in [0.2, 0.25) is 0 Å². The Morgan fingerprint density at radius 2 is 1.02 bits per heavy atom. The summed E-state index contributed by atoms with van der Waals surface area (Å²) in [6.45, 7) is 4.59. The minimum absolute atomic E-state index is 0.135. The van der Waals surface area contributed by atoms with E-state index in [2.05, 4.69) is 144 Å². The number of rotatable bonds is 2. The van der Waals surface area contributed by atoms with Crippen LogP contribution in [0.4, 0.5) is 0 Å². The van der Waals surface area contributed by atoms with Crippen molar-refractivity contribution in [2.45, 2.75) is 19.3 Å². The zero-order valence-corrected chi connectivity index (χ0v) is 27.0. The lowest BCUT2D eigenvalue weighted by Gasteiger charge is -2.21. The highest BCUT2D eigenvalue weighted by Gasteiger charge is 2.37. The third-order valence-electron chi connectivity index (χ3n) is 10.8. The van der Waals surface area contributed by atoms with Crippen LogP contribution in [0.15, 0.2) is 133 Å². The van der Waals surface area contributed by atoms with Crippen molar-refractivity contribution in [2.75, 3.05) is 0 Å². The van der Waals surface area contributed by atoms with E-state index in [9.17, 15) is 10.5 Å². The van der Waals surface area contributed by atoms with Crippen LogP contribution in [0.3, 0.4) is 0 Å². The first-order valence-corrected chi connectivity index (χ1v) is 16.6. The van der Waals surface area contributed by atoms with Crippen molar-refractivity contribution in [3.63, 3.8) is 0 Å². The fraction of sp³-hybridized carbons (Fsp3) is 0.0667. The third kappa shape index (κ3) is 3.50. The SMILES string of the molecule is CC1(C)c2ccccc2-c2c1ccc1c2c2ccccc2n1-c1cc(C#N)c(-n2c3ccccc3c3c4ccccc4ccc32)cc1C#N. The maximum atomic E-state index is 10.8. The monoisotopic (exact) mass is 624 g/mol. The molecule has 49 heavy (non-hydrogen) atoms. The standard InChI is InChI=1S/C45H28N4/c1-45(2)34-16-8-5-13-31(34)43-35(45)20-22-39-44(43)33-15-7-10-18-37(33)49(39)41-24-28(25-46)40(23-29(41)26-47)48-36-17-9-6-14-32(36)42-30-12-4-3-11-27(30)19-21-38(42)48/h3-24H,1-2H3. The van der Waals surface area contributed by atoms with Gasteiger partial charge in [-0.3, -0.25) is 0 Å². The molecule has 9 aromatic rings. The highest BCUT2D eigenvalue weighted by Crippen LogP contribution is 2.53. The Morgan fingerprint density at radius 3 is 1.69 bits per heavy atom. The Labute approximate surface area is 282 Å². The molecule has 2 aromatic heterocycles. The van der Waals surface area contributed by atoms with Crippen molar-refractivity contribution in [1.82, 2.24) is 9.13 Å². The minimum atomic E-state index is -0.135.